The molecule has 2 rings (SSSR count). The number of nitrogens with zero attached hydrogens (tertiary/aromatic N) is 1. The van der Waals surface area contributed by atoms with E-state index in [-0.39, 0.29) is 48.7 Å². The van der Waals surface area contributed by atoms with Crippen LogP contribution in [0.25, 0.3) is 0 Å². The summed E-state index contributed by atoms with van der Waals surface area (Å²) in [6.45, 7) is 3.27. The monoisotopic (exact) mass is 395 g/mol. The second kappa shape index (κ2) is 10.4. The Labute approximate surface area is 166 Å². The molecular formula is C20H33N3O5. The Bertz CT molecular complexity index is 580. The van der Waals surface area contributed by atoms with Crippen molar-refractivity contribution in [3.63, 3.8) is 0 Å². The third-order valence-corrected chi connectivity index (χ3v) is 5.98. The molecule has 2 fully saturated rings. The third-order valence-electron chi connectivity index (χ3n) is 5.98. The summed E-state index contributed by atoms with van der Waals surface area (Å²) in [5.74, 6) is -1.41. The molecule has 8 heteroatoms. The number of nitrogens with one attached hydrogen (secondary N) is 2. The van der Waals surface area contributed by atoms with Crippen LogP contribution < -0.4 is 10.6 Å². The van der Waals surface area contributed by atoms with E-state index in [1.807, 2.05) is 0 Å². The van der Waals surface area contributed by atoms with Crippen LogP contribution >= 0.6 is 0 Å². The fraction of sp³-hybridized carbons (Fsp3) is 0.800. The molecule has 3 amide bonds. The molecule has 2 aliphatic rings. The molecule has 8 nitrogen and oxygen atoms in total. The summed E-state index contributed by atoms with van der Waals surface area (Å²) in [7, 11) is 0. The van der Waals surface area contributed by atoms with Gasteiger partial charge in [0.2, 0.25) is 17.7 Å². The van der Waals surface area contributed by atoms with Crippen molar-refractivity contribution < 1.29 is 24.3 Å². The van der Waals surface area contributed by atoms with Crippen molar-refractivity contribution in [3.8, 4) is 0 Å². The lowest BCUT2D eigenvalue weighted by molar-refractivity contribution is -0.151. The summed E-state index contributed by atoms with van der Waals surface area (Å²) in [6.07, 6.45) is 6.91. The zero-order valence-corrected chi connectivity index (χ0v) is 16.9. The second-order valence-electron chi connectivity index (χ2n) is 8.07. The van der Waals surface area contributed by atoms with Gasteiger partial charge in [0.15, 0.2) is 0 Å². The van der Waals surface area contributed by atoms with Gasteiger partial charge in [-0.15, -0.1) is 0 Å². The van der Waals surface area contributed by atoms with Crippen molar-refractivity contribution in [2.45, 2.75) is 77.3 Å². The maximum absolute atomic E-state index is 12.9. The van der Waals surface area contributed by atoms with Crippen LogP contribution in [0.5, 0.6) is 0 Å². The number of carboxylic acid groups (broad SMARTS) is 1. The molecule has 0 aromatic heterocycles. The van der Waals surface area contributed by atoms with E-state index in [1.165, 1.54) is 18.7 Å². The number of carbonyl (C=O) groups excluding carboxylic acids is 3. The van der Waals surface area contributed by atoms with Gasteiger partial charge in [0.1, 0.15) is 6.04 Å². The number of carbonyl (C=O) groups is 4. The van der Waals surface area contributed by atoms with E-state index in [2.05, 4.69) is 10.6 Å². The van der Waals surface area contributed by atoms with Gasteiger partial charge in [-0.2, -0.15) is 0 Å². The number of rotatable bonds is 8. The fourth-order valence-electron chi connectivity index (χ4n) is 4.21. The van der Waals surface area contributed by atoms with E-state index in [0.717, 1.165) is 38.5 Å². The van der Waals surface area contributed by atoms with Crippen LogP contribution in [0.15, 0.2) is 0 Å². The zero-order chi connectivity index (χ0) is 20.7. The maximum atomic E-state index is 12.9. The molecule has 1 unspecified atom stereocenters. The minimum Gasteiger partial charge on any atom is -0.480 e. The average molecular weight is 396 g/mol. The maximum Gasteiger partial charge on any atom is 0.326 e. The summed E-state index contributed by atoms with van der Waals surface area (Å²) < 4.78 is 0. The van der Waals surface area contributed by atoms with Crippen molar-refractivity contribution in [1.29, 1.82) is 0 Å². The van der Waals surface area contributed by atoms with Gasteiger partial charge in [0.25, 0.3) is 0 Å². The molecule has 0 aromatic carbocycles. The standard InChI is InChI=1S/C20H33N3O5/c1-13(20(27)28)23(12-11-21-14(2)24)19(26)16-7-9-17(10-8-16)22-18(25)15-5-3-4-6-15/h13,15-17H,3-12H2,1-2H3,(H,21,24)(H,22,25)(H,27,28). The van der Waals surface area contributed by atoms with Crippen LogP contribution in [-0.2, 0) is 19.2 Å². The summed E-state index contributed by atoms with van der Waals surface area (Å²) in [5.41, 5.74) is 0. The Balaban J connectivity index is 1.86. The Morgan fingerprint density at radius 2 is 1.61 bits per heavy atom. The Morgan fingerprint density at radius 1 is 1.00 bits per heavy atom. The molecule has 28 heavy (non-hydrogen) atoms. The number of amides is 3. The molecule has 0 heterocycles. The van der Waals surface area contributed by atoms with Gasteiger partial charge in [-0.1, -0.05) is 12.8 Å². The highest BCUT2D eigenvalue weighted by atomic mass is 16.4. The van der Waals surface area contributed by atoms with Crippen LogP contribution in [0, 0.1) is 11.8 Å². The number of hydrogen-bond acceptors (Lipinski definition) is 4. The van der Waals surface area contributed by atoms with Crippen LogP contribution in [0.2, 0.25) is 0 Å². The molecule has 0 aromatic rings. The van der Waals surface area contributed by atoms with Gasteiger partial charge >= 0.3 is 5.97 Å². The molecule has 0 bridgehead atoms. The first-order valence-corrected chi connectivity index (χ1v) is 10.4. The van der Waals surface area contributed by atoms with Crippen molar-refractivity contribution in [2.24, 2.45) is 11.8 Å². The first kappa shape index (κ1) is 22.2. The molecule has 2 saturated carbocycles. The van der Waals surface area contributed by atoms with Crippen molar-refractivity contribution >= 4 is 23.7 Å². The molecule has 0 aliphatic heterocycles. The second-order valence-corrected chi connectivity index (χ2v) is 8.07. The van der Waals surface area contributed by atoms with Crippen LogP contribution in [0.4, 0.5) is 0 Å². The molecule has 3 N–H and O–H groups in total. The summed E-state index contributed by atoms with van der Waals surface area (Å²) in [5, 5.41) is 15.1. The lowest BCUT2D eigenvalue weighted by Gasteiger charge is -2.34. The van der Waals surface area contributed by atoms with Crippen molar-refractivity contribution in [1.82, 2.24) is 15.5 Å². The van der Waals surface area contributed by atoms with Crippen LogP contribution in [0.1, 0.15) is 65.2 Å². The highest BCUT2D eigenvalue weighted by Crippen LogP contribution is 2.29. The summed E-state index contributed by atoms with van der Waals surface area (Å²) >= 11 is 0. The quantitative estimate of drug-likeness (QED) is 0.573. The van der Waals surface area contributed by atoms with Gasteiger partial charge in [0, 0.05) is 37.9 Å². The van der Waals surface area contributed by atoms with Crippen LogP contribution in [-0.4, -0.2) is 58.9 Å². The third kappa shape index (κ3) is 6.21. The van der Waals surface area contributed by atoms with Crippen LogP contribution in [0.3, 0.4) is 0 Å². The van der Waals surface area contributed by atoms with E-state index in [4.69, 9.17) is 0 Å². The van der Waals surface area contributed by atoms with E-state index >= 15 is 0 Å². The Kier molecular flexibility index (Phi) is 8.26. The number of hydrogen-bond donors (Lipinski definition) is 3. The minimum absolute atomic E-state index is 0.0990. The molecule has 0 radical (unpaired) electrons. The number of aliphatic carboxylic acids is 1. The first-order valence-electron chi connectivity index (χ1n) is 10.4. The molecule has 1 atom stereocenters. The topological polar surface area (TPSA) is 116 Å². The normalized spacial score (nSPS) is 23.6. The van der Waals surface area contributed by atoms with Gasteiger partial charge in [-0.25, -0.2) is 4.79 Å². The van der Waals surface area contributed by atoms with Gasteiger partial charge in [-0.05, 0) is 45.4 Å². The molecule has 158 valence electrons. The Morgan fingerprint density at radius 3 is 2.14 bits per heavy atom. The average Bonchev–Trinajstić information content (AvgIpc) is 3.19. The molecule has 2 aliphatic carbocycles. The highest BCUT2D eigenvalue weighted by Gasteiger charge is 2.34. The van der Waals surface area contributed by atoms with E-state index in [9.17, 15) is 24.3 Å². The lowest BCUT2D eigenvalue weighted by atomic mass is 9.84. The van der Waals surface area contributed by atoms with E-state index < -0.39 is 12.0 Å². The number of carboxylic acids is 1. The van der Waals surface area contributed by atoms with E-state index in [1.54, 1.807) is 0 Å². The largest absolute Gasteiger partial charge is 0.480 e. The SMILES string of the molecule is CC(=O)NCCN(C(=O)C1CCC(NC(=O)C2CCCC2)CC1)C(C)C(=O)O. The minimum atomic E-state index is -1.06. The van der Waals surface area contributed by atoms with Gasteiger partial charge in [0.05, 0.1) is 0 Å². The zero-order valence-electron chi connectivity index (χ0n) is 16.9. The highest BCUT2D eigenvalue weighted by molar-refractivity contribution is 5.85. The van der Waals surface area contributed by atoms with Crippen molar-refractivity contribution in [2.75, 3.05) is 13.1 Å². The van der Waals surface area contributed by atoms with Crippen molar-refractivity contribution in [3.05, 3.63) is 0 Å². The molecule has 0 saturated heterocycles. The predicted molar refractivity (Wildman–Crippen MR) is 103 cm³/mol. The summed E-state index contributed by atoms with van der Waals surface area (Å²) in [4.78, 5) is 49.0. The van der Waals surface area contributed by atoms with E-state index in [0.29, 0.717) is 12.8 Å². The van der Waals surface area contributed by atoms with Gasteiger partial charge < -0.3 is 20.6 Å². The molecular weight excluding hydrogens is 362 g/mol. The lowest BCUT2D eigenvalue weighted by Crippen LogP contribution is -2.50. The first-order chi connectivity index (χ1) is 13.3. The van der Waals surface area contributed by atoms with Gasteiger partial charge in [-0.3, -0.25) is 14.4 Å². The Hall–Kier alpha value is -2.12. The fourth-order valence-corrected chi connectivity index (χ4v) is 4.21. The summed E-state index contributed by atoms with van der Waals surface area (Å²) in [6, 6.07) is -0.845. The molecule has 0 spiro atoms. The smallest absolute Gasteiger partial charge is 0.326 e. The predicted octanol–water partition coefficient (Wildman–Crippen LogP) is 1.29.